The molecule has 1 N–H and O–H groups in total. The SMILES string of the molecule is O=C(COC(=O)c1ccccc1-n1cnnn1)Nc1cc(F)ccc1F. The fourth-order valence-corrected chi connectivity index (χ4v) is 2.11. The molecule has 0 radical (unpaired) electrons. The predicted octanol–water partition coefficient (Wildman–Crippen LogP) is 1.74. The number of halogens is 2. The highest BCUT2D eigenvalue weighted by molar-refractivity contribution is 5.97. The second-order valence-electron chi connectivity index (χ2n) is 5.02. The van der Waals surface area contributed by atoms with E-state index in [0.717, 1.165) is 18.2 Å². The summed E-state index contributed by atoms with van der Waals surface area (Å²) in [5.41, 5.74) is 0.142. The van der Waals surface area contributed by atoms with Crippen LogP contribution in [0, 0.1) is 11.6 Å². The van der Waals surface area contributed by atoms with Gasteiger partial charge in [0.2, 0.25) is 0 Å². The van der Waals surface area contributed by atoms with Crippen LogP contribution in [-0.4, -0.2) is 38.7 Å². The van der Waals surface area contributed by atoms with E-state index in [0.29, 0.717) is 5.69 Å². The van der Waals surface area contributed by atoms with Crippen molar-refractivity contribution in [3.05, 3.63) is 66.0 Å². The van der Waals surface area contributed by atoms with Gasteiger partial charge in [0.15, 0.2) is 6.61 Å². The lowest BCUT2D eigenvalue weighted by Gasteiger charge is -2.09. The van der Waals surface area contributed by atoms with E-state index >= 15 is 0 Å². The molecule has 3 rings (SSSR count). The standard InChI is InChI=1S/C16H11F2N5O3/c17-10-5-6-12(18)13(7-10)20-15(24)8-26-16(25)11-3-1-2-4-14(11)23-9-19-21-22-23/h1-7,9H,8H2,(H,20,24). The Balaban J connectivity index is 1.66. The van der Waals surface area contributed by atoms with Gasteiger partial charge in [-0.2, -0.15) is 4.68 Å². The van der Waals surface area contributed by atoms with Gasteiger partial charge in [0.05, 0.1) is 16.9 Å². The van der Waals surface area contributed by atoms with Gasteiger partial charge in [0.1, 0.15) is 18.0 Å². The van der Waals surface area contributed by atoms with E-state index in [9.17, 15) is 18.4 Å². The van der Waals surface area contributed by atoms with Crippen molar-refractivity contribution in [2.45, 2.75) is 0 Å². The molecule has 3 aromatic rings. The fourth-order valence-electron chi connectivity index (χ4n) is 2.11. The highest BCUT2D eigenvalue weighted by Gasteiger charge is 2.16. The molecule has 10 heteroatoms. The summed E-state index contributed by atoms with van der Waals surface area (Å²) >= 11 is 0. The Morgan fingerprint density at radius 1 is 1.15 bits per heavy atom. The third-order valence-electron chi connectivity index (χ3n) is 3.26. The van der Waals surface area contributed by atoms with Crippen LogP contribution in [0.4, 0.5) is 14.5 Å². The van der Waals surface area contributed by atoms with Crippen LogP contribution in [0.2, 0.25) is 0 Å². The summed E-state index contributed by atoms with van der Waals surface area (Å²) in [4.78, 5) is 24.0. The summed E-state index contributed by atoms with van der Waals surface area (Å²) in [6.07, 6.45) is 1.30. The van der Waals surface area contributed by atoms with E-state index in [1.54, 1.807) is 18.2 Å². The van der Waals surface area contributed by atoms with Crippen LogP contribution in [0.5, 0.6) is 0 Å². The Bertz CT molecular complexity index is 947. The highest BCUT2D eigenvalue weighted by atomic mass is 19.1. The summed E-state index contributed by atoms with van der Waals surface area (Å²) in [5, 5.41) is 12.8. The van der Waals surface area contributed by atoms with Crippen molar-refractivity contribution in [1.82, 2.24) is 20.2 Å². The molecular weight excluding hydrogens is 348 g/mol. The second-order valence-corrected chi connectivity index (χ2v) is 5.02. The van der Waals surface area contributed by atoms with Crippen LogP contribution in [0.3, 0.4) is 0 Å². The molecule has 0 atom stereocenters. The quantitative estimate of drug-likeness (QED) is 0.697. The van der Waals surface area contributed by atoms with E-state index in [2.05, 4.69) is 20.8 Å². The molecule has 0 spiro atoms. The molecule has 26 heavy (non-hydrogen) atoms. The normalized spacial score (nSPS) is 10.4. The van der Waals surface area contributed by atoms with Gasteiger partial charge in [-0.25, -0.2) is 13.6 Å². The van der Waals surface area contributed by atoms with Crippen molar-refractivity contribution >= 4 is 17.6 Å². The molecule has 0 fully saturated rings. The van der Waals surface area contributed by atoms with Crippen molar-refractivity contribution in [1.29, 1.82) is 0 Å². The molecule has 1 heterocycles. The molecular formula is C16H11F2N5O3. The fraction of sp³-hybridized carbons (Fsp3) is 0.0625. The van der Waals surface area contributed by atoms with Gasteiger partial charge in [-0.3, -0.25) is 4.79 Å². The number of rotatable bonds is 5. The van der Waals surface area contributed by atoms with Gasteiger partial charge >= 0.3 is 5.97 Å². The first-order valence-electron chi connectivity index (χ1n) is 7.29. The summed E-state index contributed by atoms with van der Waals surface area (Å²) < 4.78 is 32.8. The lowest BCUT2D eigenvalue weighted by Crippen LogP contribution is -2.22. The molecule has 0 bridgehead atoms. The lowest BCUT2D eigenvalue weighted by atomic mass is 10.2. The summed E-state index contributed by atoms with van der Waals surface area (Å²) in [6, 6.07) is 8.96. The minimum absolute atomic E-state index is 0.129. The van der Waals surface area contributed by atoms with Gasteiger partial charge in [0, 0.05) is 6.07 Å². The molecule has 1 amide bonds. The number of carbonyl (C=O) groups is 2. The number of benzene rings is 2. The summed E-state index contributed by atoms with van der Waals surface area (Å²) in [6.45, 7) is -0.682. The summed E-state index contributed by atoms with van der Waals surface area (Å²) in [7, 11) is 0. The molecule has 0 aliphatic carbocycles. The number of nitrogens with zero attached hydrogens (tertiary/aromatic N) is 4. The number of para-hydroxylation sites is 1. The van der Waals surface area contributed by atoms with Crippen molar-refractivity contribution < 1.29 is 23.1 Å². The van der Waals surface area contributed by atoms with Crippen LogP contribution < -0.4 is 5.32 Å². The maximum Gasteiger partial charge on any atom is 0.340 e. The first-order chi connectivity index (χ1) is 12.5. The molecule has 1 aromatic heterocycles. The van der Waals surface area contributed by atoms with Crippen molar-refractivity contribution in [2.24, 2.45) is 0 Å². The zero-order chi connectivity index (χ0) is 18.5. The number of ether oxygens (including phenoxy) is 1. The largest absolute Gasteiger partial charge is 0.452 e. The monoisotopic (exact) mass is 359 g/mol. The maximum absolute atomic E-state index is 13.5. The average Bonchev–Trinajstić information content (AvgIpc) is 3.17. The number of amides is 1. The van der Waals surface area contributed by atoms with Crippen LogP contribution in [0.1, 0.15) is 10.4 Å². The second kappa shape index (κ2) is 7.47. The van der Waals surface area contributed by atoms with Crippen molar-refractivity contribution in [3.63, 3.8) is 0 Å². The Kier molecular flexibility index (Phi) is 4.92. The highest BCUT2D eigenvalue weighted by Crippen LogP contribution is 2.16. The Hall–Kier alpha value is -3.69. The molecule has 0 aliphatic heterocycles. The van der Waals surface area contributed by atoms with E-state index in [-0.39, 0.29) is 11.3 Å². The Morgan fingerprint density at radius 2 is 1.96 bits per heavy atom. The lowest BCUT2D eigenvalue weighted by molar-refractivity contribution is -0.119. The zero-order valence-corrected chi connectivity index (χ0v) is 13.1. The number of carbonyl (C=O) groups excluding carboxylic acids is 2. The van der Waals surface area contributed by atoms with E-state index < -0.39 is 30.1 Å². The Labute approximate surface area is 145 Å². The third kappa shape index (κ3) is 3.86. The number of tetrazole rings is 1. The Morgan fingerprint density at radius 3 is 2.73 bits per heavy atom. The van der Waals surface area contributed by atoms with Crippen LogP contribution in [0.15, 0.2) is 48.8 Å². The average molecular weight is 359 g/mol. The topological polar surface area (TPSA) is 99.0 Å². The van der Waals surface area contributed by atoms with Crippen LogP contribution in [0.25, 0.3) is 5.69 Å². The van der Waals surface area contributed by atoms with Crippen molar-refractivity contribution in [2.75, 3.05) is 11.9 Å². The minimum atomic E-state index is -0.817. The molecule has 0 unspecified atom stereocenters. The van der Waals surface area contributed by atoms with Crippen LogP contribution in [-0.2, 0) is 9.53 Å². The van der Waals surface area contributed by atoms with E-state index in [1.807, 2.05) is 0 Å². The number of anilines is 1. The smallest absolute Gasteiger partial charge is 0.340 e. The maximum atomic E-state index is 13.5. The third-order valence-corrected chi connectivity index (χ3v) is 3.26. The van der Waals surface area contributed by atoms with Crippen LogP contribution >= 0.6 is 0 Å². The van der Waals surface area contributed by atoms with Crippen molar-refractivity contribution in [3.8, 4) is 5.69 Å². The molecule has 8 nitrogen and oxygen atoms in total. The van der Waals surface area contributed by atoms with E-state index in [4.69, 9.17) is 4.74 Å². The first kappa shape index (κ1) is 17.1. The molecule has 132 valence electrons. The zero-order valence-electron chi connectivity index (χ0n) is 13.1. The molecule has 0 saturated heterocycles. The number of esters is 1. The number of aromatic nitrogens is 4. The van der Waals surface area contributed by atoms with Gasteiger partial charge in [-0.05, 0) is 34.7 Å². The molecule has 0 aliphatic rings. The van der Waals surface area contributed by atoms with E-state index in [1.165, 1.54) is 17.1 Å². The van der Waals surface area contributed by atoms with Gasteiger partial charge in [-0.15, -0.1) is 5.10 Å². The predicted molar refractivity (Wildman–Crippen MR) is 84.4 cm³/mol. The van der Waals surface area contributed by atoms with Gasteiger partial charge < -0.3 is 10.1 Å². The number of hydrogen-bond donors (Lipinski definition) is 1. The number of nitrogens with one attached hydrogen (secondary N) is 1. The first-order valence-corrected chi connectivity index (χ1v) is 7.29. The minimum Gasteiger partial charge on any atom is -0.452 e. The molecule has 0 saturated carbocycles. The van der Waals surface area contributed by atoms with Gasteiger partial charge in [0.25, 0.3) is 5.91 Å². The number of hydrogen-bond acceptors (Lipinski definition) is 6. The summed E-state index contributed by atoms with van der Waals surface area (Å²) in [5.74, 6) is -3.14. The molecule has 2 aromatic carbocycles. The van der Waals surface area contributed by atoms with Gasteiger partial charge in [-0.1, -0.05) is 12.1 Å².